The second-order valence-electron chi connectivity index (χ2n) is 5.48. The Bertz CT molecular complexity index is 375. The quantitative estimate of drug-likeness (QED) is 0.839. The van der Waals surface area contributed by atoms with E-state index in [0.29, 0.717) is 0 Å². The molecule has 2 bridgehead atoms. The van der Waals surface area contributed by atoms with Crippen LogP contribution in [0.1, 0.15) is 31.4 Å². The molecule has 2 aliphatic carbocycles. The predicted octanol–water partition coefficient (Wildman–Crippen LogP) is 3.24. The summed E-state index contributed by atoms with van der Waals surface area (Å²) in [5, 5.41) is 3.50. The van der Waals surface area contributed by atoms with Crippen molar-refractivity contribution in [2.24, 2.45) is 17.8 Å². The van der Waals surface area contributed by atoms with Crippen LogP contribution in [0.15, 0.2) is 18.2 Å². The molecule has 0 saturated heterocycles. The molecule has 2 saturated carbocycles. The van der Waals surface area contributed by atoms with Crippen molar-refractivity contribution in [3.8, 4) is 0 Å². The highest BCUT2D eigenvalue weighted by Gasteiger charge is 2.38. The first-order chi connectivity index (χ1) is 7.81. The van der Waals surface area contributed by atoms with E-state index >= 15 is 0 Å². The topological polar surface area (TPSA) is 24.9 Å². The van der Waals surface area contributed by atoms with Crippen molar-refractivity contribution in [1.82, 2.24) is 4.98 Å². The normalized spacial score (nSPS) is 31.9. The van der Waals surface area contributed by atoms with E-state index in [1.807, 2.05) is 13.0 Å². The SMILES string of the molecule is Cc1cccc(NCC2CC3CCC2C3)n1. The number of hydrogen-bond donors (Lipinski definition) is 1. The molecule has 0 aliphatic heterocycles. The van der Waals surface area contributed by atoms with Gasteiger partial charge in [0, 0.05) is 12.2 Å². The van der Waals surface area contributed by atoms with Crippen LogP contribution in [0, 0.1) is 24.7 Å². The largest absolute Gasteiger partial charge is 0.370 e. The average Bonchev–Trinajstić information content (AvgIpc) is 2.88. The van der Waals surface area contributed by atoms with Crippen LogP contribution in [0.5, 0.6) is 0 Å². The molecule has 2 nitrogen and oxygen atoms in total. The summed E-state index contributed by atoms with van der Waals surface area (Å²) in [5.74, 6) is 3.99. The van der Waals surface area contributed by atoms with Gasteiger partial charge >= 0.3 is 0 Å². The standard InChI is InChI=1S/C14H20N2/c1-10-3-2-4-14(16-10)15-9-13-8-11-5-6-12(13)7-11/h2-4,11-13H,5-9H2,1H3,(H,15,16). The van der Waals surface area contributed by atoms with Crippen molar-refractivity contribution in [3.63, 3.8) is 0 Å². The molecule has 0 radical (unpaired) electrons. The van der Waals surface area contributed by atoms with Gasteiger partial charge in [-0.2, -0.15) is 0 Å². The van der Waals surface area contributed by atoms with Gasteiger partial charge in [0.05, 0.1) is 0 Å². The van der Waals surface area contributed by atoms with Crippen LogP contribution >= 0.6 is 0 Å². The highest BCUT2D eigenvalue weighted by molar-refractivity contribution is 5.35. The van der Waals surface area contributed by atoms with E-state index < -0.39 is 0 Å². The Labute approximate surface area is 97.5 Å². The molecular formula is C14H20N2. The summed E-state index contributed by atoms with van der Waals surface area (Å²) in [5.41, 5.74) is 1.10. The van der Waals surface area contributed by atoms with Gasteiger partial charge in [0.1, 0.15) is 5.82 Å². The minimum absolute atomic E-state index is 0.904. The number of nitrogens with one attached hydrogen (secondary N) is 1. The average molecular weight is 216 g/mol. The van der Waals surface area contributed by atoms with E-state index in [-0.39, 0.29) is 0 Å². The monoisotopic (exact) mass is 216 g/mol. The van der Waals surface area contributed by atoms with Crippen LogP contribution in [-0.2, 0) is 0 Å². The number of nitrogens with zero attached hydrogens (tertiary/aromatic N) is 1. The minimum Gasteiger partial charge on any atom is -0.370 e. The number of fused-ring (bicyclic) bond motifs is 2. The predicted molar refractivity (Wildman–Crippen MR) is 66.4 cm³/mol. The van der Waals surface area contributed by atoms with Crippen LogP contribution in [0.2, 0.25) is 0 Å². The van der Waals surface area contributed by atoms with Gasteiger partial charge in [0.2, 0.25) is 0 Å². The summed E-state index contributed by atoms with van der Waals surface area (Å²) in [7, 11) is 0. The zero-order valence-electron chi connectivity index (χ0n) is 9.95. The summed E-state index contributed by atoms with van der Waals surface area (Å²) < 4.78 is 0. The lowest BCUT2D eigenvalue weighted by atomic mass is 9.89. The van der Waals surface area contributed by atoms with Gasteiger partial charge in [0.25, 0.3) is 0 Å². The van der Waals surface area contributed by atoms with Crippen molar-refractivity contribution in [2.75, 3.05) is 11.9 Å². The van der Waals surface area contributed by atoms with Gasteiger partial charge in [0.15, 0.2) is 0 Å². The fraction of sp³-hybridized carbons (Fsp3) is 0.643. The first kappa shape index (κ1) is 10.1. The number of anilines is 1. The molecule has 2 fully saturated rings. The van der Waals surface area contributed by atoms with Gasteiger partial charge in [-0.3, -0.25) is 0 Å². The Hall–Kier alpha value is -1.05. The van der Waals surface area contributed by atoms with Gasteiger partial charge in [-0.15, -0.1) is 0 Å². The maximum absolute atomic E-state index is 4.49. The number of hydrogen-bond acceptors (Lipinski definition) is 2. The van der Waals surface area contributed by atoms with Gasteiger partial charge in [-0.05, 0) is 56.1 Å². The molecule has 0 aromatic carbocycles. The lowest BCUT2D eigenvalue weighted by molar-refractivity contribution is 0.348. The van der Waals surface area contributed by atoms with E-state index in [1.54, 1.807) is 0 Å². The lowest BCUT2D eigenvalue weighted by Crippen LogP contribution is -2.20. The molecule has 1 heterocycles. The van der Waals surface area contributed by atoms with E-state index in [1.165, 1.54) is 25.7 Å². The molecular weight excluding hydrogens is 196 g/mol. The molecule has 2 heteroatoms. The minimum atomic E-state index is 0.904. The third kappa shape index (κ3) is 1.93. The number of aryl methyl sites for hydroxylation is 1. The molecule has 2 aliphatic rings. The smallest absolute Gasteiger partial charge is 0.126 e. The molecule has 3 atom stereocenters. The van der Waals surface area contributed by atoms with Crippen LogP contribution in [0.4, 0.5) is 5.82 Å². The van der Waals surface area contributed by atoms with Crippen LogP contribution in [-0.4, -0.2) is 11.5 Å². The van der Waals surface area contributed by atoms with Crippen molar-refractivity contribution < 1.29 is 0 Å². The van der Waals surface area contributed by atoms with Crippen molar-refractivity contribution in [3.05, 3.63) is 23.9 Å². The Morgan fingerprint density at radius 1 is 1.31 bits per heavy atom. The highest BCUT2D eigenvalue weighted by atomic mass is 15.0. The highest BCUT2D eigenvalue weighted by Crippen LogP contribution is 2.48. The number of rotatable bonds is 3. The van der Waals surface area contributed by atoms with E-state index in [0.717, 1.165) is 35.8 Å². The summed E-state index contributed by atoms with van der Waals surface area (Å²) >= 11 is 0. The lowest BCUT2D eigenvalue weighted by Gasteiger charge is -2.22. The molecule has 1 aromatic rings. The maximum Gasteiger partial charge on any atom is 0.126 e. The number of pyridine rings is 1. The summed E-state index contributed by atoms with van der Waals surface area (Å²) in [4.78, 5) is 4.49. The second kappa shape index (κ2) is 4.08. The Balaban J connectivity index is 1.57. The van der Waals surface area contributed by atoms with Gasteiger partial charge in [-0.25, -0.2) is 4.98 Å². The molecule has 86 valence electrons. The molecule has 0 amide bonds. The molecule has 3 rings (SSSR count). The zero-order chi connectivity index (χ0) is 11.0. The fourth-order valence-electron chi connectivity index (χ4n) is 3.50. The Morgan fingerprint density at radius 2 is 2.25 bits per heavy atom. The third-order valence-electron chi connectivity index (χ3n) is 4.32. The summed E-state index contributed by atoms with van der Waals surface area (Å²) in [6, 6.07) is 6.19. The van der Waals surface area contributed by atoms with E-state index in [2.05, 4.69) is 22.4 Å². The molecule has 1 aromatic heterocycles. The van der Waals surface area contributed by atoms with Crippen molar-refractivity contribution in [2.45, 2.75) is 32.6 Å². The first-order valence-electron chi connectivity index (χ1n) is 6.49. The zero-order valence-corrected chi connectivity index (χ0v) is 9.95. The molecule has 0 spiro atoms. The molecule has 1 N–H and O–H groups in total. The second-order valence-corrected chi connectivity index (χ2v) is 5.48. The van der Waals surface area contributed by atoms with Crippen LogP contribution < -0.4 is 5.32 Å². The number of aromatic nitrogens is 1. The van der Waals surface area contributed by atoms with Gasteiger partial charge in [-0.1, -0.05) is 12.5 Å². The Morgan fingerprint density at radius 3 is 2.94 bits per heavy atom. The summed E-state index contributed by atoms with van der Waals surface area (Å²) in [6.45, 7) is 3.17. The van der Waals surface area contributed by atoms with Crippen molar-refractivity contribution in [1.29, 1.82) is 0 Å². The van der Waals surface area contributed by atoms with Crippen LogP contribution in [0.3, 0.4) is 0 Å². The van der Waals surface area contributed by atoms with Crippen molar-refractivity contribution >= 4 is 5.82 Å². The third-order valence-corrected chi connectivity index (χ3v) is 4.32. The van der Waals surface area contributed by atoms with Gasteiger partial charge < -0.3 is 5.32 Å². The Kier molecular flexibility index (Phi) is 2.58. The first-order valence-corrected chi connectivity index (χ1v) is 6.49. The van der Waals surface area contributed by atoms with E-state index in [9.17, 15) is 0 Å². The maximum atomic E-state index is 4.49. The summed E-state index contributed by atoms with van der Waals surface area (Å²) in [6.07, 6.45) is 5.90. The van der Waals surface area contributed by atoms with Crippen LogP contribution in [0.25, 0.3) is 0 Å². The van der Waals surface area contributed by atoms with E-state index in [4.69, 9.17) is 0 Å². The fourth-order valence-corrected chi connectivity index (χ4v) is 3.50. The molecule has 3 unspecified atom stereocenters. The molecule has 16 heavy (non-hydrogen) atoms.